The maximum Gasteiger partial charge on any atom is 0.271 e. The topological polar surface area (TPSA) is 55.2 Å². The van der Waals surface area contributed by atoms with Crippen LogP contribution in [0.5, 0.6) is 0 Å². The fourth-order valence-electron chi connectivity index (χ4n) is 3.25. The van der Waals surface area contributed by atoms with Crippen molar-refractivity contribution in [3.8, 4) is 0 Å². The van der Waals surface area contributed by atoms with Gasteiger partial charge in [0.15, 0.2) is 0 Å². The summed E-state index contributed by atoms with van der Waals surface area (Å²) >= 11 is 0. The van der Waals surface area contributed by atoms with Crippen LogP contribution >= 0.6 is 0 Å². The van der Waals surface area contributed by atoms with Gasteiger partial charge in [0.05, 0.1) is 4.92 Å². The molecule has 4 heteroatoms. The lowest BCUT2D eigenvalue weighted by Crippen LogP contribution is -2.30. The molecule has 1 aromatic rings. The normalized spacial score (nSPS) is 27.0. The molecule has 2 atom stereocenters. The van der Waals surface area contributed by atoms with E-state index in [1.165, 1.54) is 6.42 Å². The molecule has 2 unspecified atom stereocenters. The van der Waals surface area contributed by atoms with Gasteiger partial charge in [0.1, 0.15) is 0 Å². The Labute approximate surface area is 114 Å². The molecule has 104 valence electrons. The van der Waals surface area contributed by atoms with Gasteiger partial charge in [0, 0.05) is 23.9 Å². The molecular formula is C15H22N2O2. The number of rotatable bonds is 3. The van der Waals surface area contributed by atoms with E-state index in [1.54, 1.807) is 12.1 Å². The van der Waals surface area contributed by atoms with Crippen LogP contribution in [0.25, 0.3) is 0 Å². The van der Waals surface area contributed by atoms with Crippen LogP contribution in [0.2, 0.25) is 0 Å². The first kappa shape index (κ1) is 13.8. The lowest BCUT2D eigenvalue weighted by atomic mass is 9.80. The third kappa shape index (κ3) is 3.69. The van der Waals surface area contributed by atoms with Gasteiger partial charge in [-0.3, -0.25) is 10.1 Å². The molecule has 0 aliphatic heterocycles. The number of hydrogen-bond donors (Lipinski definition) is 1. The second kappa shape index (κ2) is 5.59. The molecule has 1 saturated carbocycles. The molecule has 0 bridgehead atoms. The van der Waals surface area contributed by atoms with Gasteiger partial charge < -0.3 is 5.32 Å². The molecule has 1 aromatic carbocycles. The highest BCUT2D eigenvalue weighted by Crippen LogP contribution is 2.31. The number of anilines is 1. The summed E-state index contributed by atoms with van der Waals surface area (Å²) in [7, 11) is 0. The summed E-state index contributed by atoms with van der Waals surface area (Å²) in [5.74, 6) is 1.45. The maximum atomic E-state index is 10.9. The summed E-state index contributed by atoms with van der Waals surface area (Å²) in [6.07, 6.45) is 3.57. The van der Waals surface area contributed by atoms with E-state index in [2.05, 4.69) is 19.2 Å². The number of benzene rings is 1. The van der Waals surface area contributed by atoms with Crippen LogP contribution in [-0.2, 0) is 0 Å². The summed E-state index contributed by atoms with van der Waals surface area (Å²) in [5, 5.41) is 14.4. The Hall–Kier alpha value is -1.58. The van der Waals surface area contributed by atoms with Crippen LogP contribution < -0.4 is 5.32 Å². The number of nitro groups is 1. The van der Waals surface area contributed by atoms with Crippen molar-refractivity contribution in [3.63, 3.8) is 0 Å². The van der Waals surface area contributed by atoms with Gasteiger partial charge in [-0.1, -0.05) is 13.8 Å². The van der Waals surface area contributed by atoms with E-state index in [0.717, 1.165) is 35.9 Å². The van der Waals surface area contributed by atoms with Crippen LogP contribution in [0.3, 0.4) is 0 Å². The molecule has 2 rings (SSSR count). The van der Waals surface area contributed by atoms with Gasteiger partial charge in [-0.05, 0) is 49.7 Å². The first-order chi connectivity index (χ1) is 8.94. The van der Waals surface area contributed by atoms with E-state index >= 15 is 0 Å². The SMILES string of the molecule is Cc1cc(NC2CC(C)CC(C)C2)cc([N+](=O)[O-])c1. The zero-order valence-corrected chi connectivity index (χ0v) is 11.8. The van der Waals surface area contributed by atoms with Gasteiger partial charge in [0.2, 0.25) is 0 Å². The minimum absolute atomic E-state index is 0.166. The van der Waals surface area contributed by atoms with Crippen LogP contribution in [0.4, 0.5) is 11.4 Å². The Bertz CT molecular complexity index is 463. The molecule has 0 aromatic heterocycles. The molecule has 0 amide bonds. The minimum atomic E-state index is -0.329. The largest absolute Gasteiger partial charge is 0.382 e. The summed E-state index contributed by atoms with van der Waals surface area (Å²) < 4.78 is 0. The number of nitrogens with zero attached hydrogens (tertiary/aromatic N) is 1. The lowest BCUT2D eigenvalue weighted by molar-refractivity contribution is -0.384. The van der Waals surface area contributed by atoms with Crippen LogP contribution in [0, 0.1) is 28.9 Å². The van der Waals surface area contributed by atoms with Gasteiger partial charge in [-0.2, -0.15) is 0 Å². The number of nitro benzene ring substituents is 1. The molecule has 1 N–H and O–H groups in total. The van der Waals surface area contributed by atoms with E-state index < -0.39 is 0 Å². The Kier molecular flexibility index (Phi) is 4.08. The molecule has 1 fully saturated rings. The average Bonchev–Trinajstić information content (AvgIpc) is 2.26. The van der Waals surface area contributed by atoms with Crippen molar-refractivity contribution in [1.29, 1.82) is 0 Å². The smallest absolute Gasteiger partial charge is 0.271 e. The third-order valence-electron chi connectivity index (χ3n) is 3.82. The van der Waals surface area contributed by atoms with Crippen molar-refractivity contribution in [2.45, 2.75) is 46.1 Å². The summed E-state index contributed by atoms with van der Waals surface area (Å²) in [6.45, 7) is 6.45. The second-order valence-electron chi connectivity index (χ2n) is 6.07. The van der Waals surface area contributed by atoms with Crippen molar-refractivity contribution in [2.24, 2.45) is 11.8 Å². The zero-order chi connectivity index (χ0) is 14.0. The highest BCUT2D eigenvalue weighted by atomic mass is 16.6. The number of hydrogen-bond acceptors (Lipinski definition) is 3. The highest BCUT2D eigenvalue weighted by Gasteiger charge is 2.24. The summed E-state index contributed by atoms with van der Waals surface area (Å²) in [4.78, 5) is 10.6. The Morgan fingerprint density at radius 1 is 1.16 bits per heavy atom. The third-order valence-corrected chi connectivity index (χ3v) is 3.82. The van der Waals surface area contributed by atoms with E-state index in [1.807, 2.05) is 13.0 Å². The van der Waals surface area contributed by atoms with E-state index in [-0.39, 0.29) is 10.6 Å². The fraction of sp³-hybridized carbons (Fsp3) is 0.600. The number of nitrogens with one attached hydrogen (secondary N) is 1. The highest BCUT2D eigenvalue weighted by molar-refractivity contribution is 5.54. The first-order valence-electron chi connectivity index (χ1n) is 6.96. The molecule has 1 aliphatic carbocycles. The van der Waals surface area contributed by atoms with Gasteiger partial charge in [-0.15, -0.1) is 0 Å². The molecule has 19 heavy (non-hydrogen) atoms. The predicted molar refractivity (Wildman–Crippen MR) is 77.4 cm³/mol. The van der Waals surface area contributed by atoms with Crippen molar-refractivity contribution >= 4 is 11.4 Å². The molecule has 0 radical (unpaired) electrons. The Morgan fingerprint density at radius 3 is 2.37 bits per heavy atom. The zero-order valence-electron chi connectivity index (χ0n) is 11.8. The molecule has 0 heterocycles. The lowest BCUT2D eigenvalue weighted by Gasteiger charge is -2.32. The predicted octanol–water partition coefficient (Wildman–Crippen LogP) is 4.14. The minimum Gasteiger partial charge on any atom is -0.382 e. The van der Waals surface area contributed by atoms with E-state index in [9.17, 15) is 10.1 Å². The van der Waals surface area contributed by atoms with Crippen LogP contribution in [0.15, 0.2) is 18.2 Å². The first-order valence-corrected chi connectivity index (χ1v) is 6.96. The second-order valence-corrected chi connectivity index (χ2v) is 6.07. The number of aryl methyl sites for hydroxylation is 1. The monoisotopic (exact) mass is 262 g/mol. The Morgan fingerprint density at radius 2 is 1.79 bits per heavy atom. The fourth-order valence-corrected chi connectivity index (χ4v) is 3.25. The van der Waals surface area contributed by atoms with Crippen molar-refractivity contribution in [1.82, 2.24) is 0 Å². The van der Waals surface area contributed by atoms with Crippen molar-refractivity contribution in [3.05, 3.63) is 33.9 Å². The molecule has 1 aliphatic rings. The van der Waals surface area contributed by atoms with Gasteiger partial charge in [-0.25, -0.2) is 0 Å². The van der Waals surface area contributed by atoms with Crippen molar-refractivity contribution in [2.75, 3.05) is 5.32 Å². The molecule has 4 nitrogen and oxygen atoms in total. The van der Waals surface area contributed by atoms with Crippen LogP contribution in [-0.4, -0.2) is 11.0 Å². The summed E-state index contributed by atoms with van der Waals surface area (Å²) in [6, 6.07) is 5.66. The molecule has 0 spiro atoms. The quantitative estimate of drug-likeness (QED) is 0.658. The molecular weight excluding hydrogens is 240 g/mol. The average molecular weight is 262 g/mol. The van der Waals surface area contributed by atoms with E-state index in [0.29, 0.717) is 6.04 Å². The van der Waals surface area contributed by atoms with E-state index in [4.69, 9.17) is 0 Å². The maximum absolute atomic E-state index is 10.9. The standard InChI is InChI=1S/C15H22N2O2/c1-10-4-11(2)6-13(5-10)16-14-7-12(3)8-15(9-14)17(18)19/h7-11,13,16H,4-6H2,1-3H3. The van der Waals surface area contributed by atoms with Crippen molar-refractivity contribution < 1.29 is 4.92 Å². The Balaban J connectivity index is 2.12. The number of non-ortho nitro benzene ring substituents is 1. The summed E-state index contributed by atoms with van der Waals surface area (Å²) in [5.41, 5.74) is 1.96. The van der Waals surface area contributed by atoms with Gasteiger partial charge >= 0.3 is 0 Å². The molecule has 0 saturated heterocycles. The van der Waals surface area contributed by atoms with Gasteiger partial charge in [0.25, 0.3) is 5.69 Å². The van der Waals surface area contributed by atoms with Crippen LogP contribution in [0.1, 0.15) is 38.7 Å².